The molecule has 2 N–H and O–H groups in total. The van der Waals surface area contributed by atoms with Crippen molar-refractivity contribution in [1.82, 2.24) is 19.1 Å². The third-order valence-corrected chi connectivity index (χ3v) is 3.76. The minimum atomic E-state index is 0.152. The molecule has 0 radical (unpaired) electrons. The Labute approximate surface area is 124 Å². The summed E-state index contributed by atoms with van der Waals surface area (Å²) in [4.78, 5) is 8.90. The second-order valence-electron chi connectivity index (χ2n) is 5.61. The molecule has 0 fully saturated rings. The number of fused-ring (bicyclic) bond motifs is 1. The van der Waals surface area contributed by atoms with E-state index in [9.17, 15) is 0 Å². The maximum atomic E-state index is 5.95. The summed E-state index contributed by atoms with van der Waals surface area (Å²) < 4.78 is 4.27. The smallest absolute Gasteiger partial charge is 0.140 e. The highest BCUT2D eigenvalue weighted by Gasteiger charge is 2.11. The van der Waals surface area contributed by atoms with Gasteiger partial charge in [-0.15, -0.1) is 0 Å². The summed E-state index contributed by atoms with van der Waals surface area (Å²) in [6.45, 7) is 2.91. The molecule has 0 amide bonds. The van der Waals surface area contributed by atoms with E-state index in [1.54, 1.807) is 0 Å². The minimum absolute atomic E-state index is 0.152. The lowest BCUT2D eigenvalue weighted by atomic mass is 10.1. The van der Waals surface area contributed by atoms with Crippen LogP contribution >= 0.6 is 0 Å². The molecule has 110 valence electrons. The molecule has 5 heteroatoms. The monoisotopic (exact) mass is 283 g/mol. The molecule has 1 atom stereocenters. The van der Waals surface area contributed by atoms with Crippen molar-refractivity contribution in [3.8, 4) is 0 Å². The zero-order valence-corrected chi connectivity index (χ0v) is 12.5. The van der Waals surface area contributed by atoms with Crippen molar-refractivity contribution in [2.75, 3.05) is 0 Å². The van der Waals surface area contributed by atoms with E-state index < -0.39 is 0 Å². The molecule has 21 heavy (non-hydrogen) atoms. The van der Waals surface area contributed by atoms with Crippen molar-refractivity contribution in [1.29, 1.82) is 0 Å². The normalized spacial score (nSPS) is 12.9. The first-order chi connectivity index (χ1) is 10.1. The molecule has 0 spiro atoms. The quantitative estimate of drug-likeness (QED) is 0.778. The van der Waals surface area contributed by atoms with Gasteiger partial charge in [-0.25, -0.2) is 9.97 Å². The Morgan fingerprint density at radius 2 is 2.14 bits per heavy atom. The lowest BCUT2D eigenvalue weighted by molar-refractivity contribution is 0.659. The van der Waals surface area contributed by atoms with E-state index in [1.165, 1.54) is 10.9 Å². The summed E-state index contributed by atoms with van der Waals surface area (Å²) in [6.07, 6.45) is 9.60. The molecular weight excluding hydrogens is 262 g/mol. The highest BCUT2D eigenvalue weighted by molar-refractivity contribution is 5.80. The van der Waals surface area contributed by atoms with E-state index in [1.807, 2.05) is 38.6 Å². The first kappa shape index (κ1) is 13.8. The maximum absolute atomic E-state index is 5.95. The number of hydrogen-bond acceptors (Lipinski definition) is 3. The van der Waals surface area contributed by atoms with Gasteiger partial charge in [-0.1, -0.05) is 0 Å². The van der Waals surface area contributed by atoms with E-state index in [4.69, 9.17) is 5.73 Å². The van der Waals surface area contributed by atoms with Crippen LogP contribution in [0.5, 0.6) is 0 Å². The van der Waals surface area contributed by atoms with E-state index in [2.05, 4.69) is 31.4 Å². The molecule has 0 aliphatic heterocycles. The van der Waals surface area contributed by atoms with Crippen LogP contribution in [0.1, 0.15) is 18.3 Å². The summed E-state index contributed by atoms with van der Waals surface area (Å²) in [7, 11) is 2.02. The zero-order valence-electron chi connectivity index (χ0n) is 12.5. The molecule has 3 aromatic rings. The Morgan fingerprint density at radius 3 is 2.86 bits per heavy atom. The largest absolute Gasteiger partial charge is 0.338 e. The molecule has 0 aromatic carbocycles. The predicted octanol–water partition coefficient (Wildman–Crippen LogP) is 1.90. The van der Waals surface area contributed by atoms with Crippen LogP contribution < -0.4 is 5.73 Å². The van der Waals surface area contributed by atoms with Crippen LogP contribution in [0.2, 0.25) is 0 Å². The van der Waals surface area contributed by atoms with Crippen molar-refractivity contribution in [3.63, 3.8) is 0 Å². The minimum Gasteiger partial charge on any atom is -0.338 e. The number of hydrogen-bond donors (Lipinski definition) is 1. The second-order valence-corrected chi connectivity index (χ2v) is 5.61. The average Bonchev–Trinajstić information content (AvgIpc) is 3.01. The summed E-state index contributed by atoms with van der Waals surface area (Å²) in [5.74, 6) is 1.08. The van der Waals surface area contributed by atoms with Crippen molar-refractivity contribution in [2.45, 2.75) is 32.4 Å². The Balaban J connectivity index is 1.89. The second kappa shape index (κ2) is 5.69. The van der Waals surface area contributed by atoms with Crippen molar-refractivity contribution in [2.24, 2.45) is 12.8 Å². The number of pyridine rings is 1. The average molecular weight is 283 g/mol. The van der Waals surface area contributed by atoms with Crippen molar-refractivity contribution < 1.29 is 0 Å². The number of nitrogens with two attached hydrogens (primary N) is 1. The molecule has 3 aromatic heterocycles. The molecular formula is C16H21N5. The van der Waals surface area contributed by atoms with Gasteiger partial charge in [0.15, 0.2) is 0 Å². The van der Waals surface area contributed by atoms with Crippen LogP contribution in [-0.2, 0) is 26.4 Å². The van der Waals surface area contributed by atoms with Crippen molar-refractivity contribution in [3.05, 3.63) is 48.3 Å². The van der Waals surface area contributed by atoms with Gasteiger partial charge in [0, 0.05) is 56.2 Å². The SMILES string of the molecule is CC(N)Cc1cn(CCc2nccn2C)c2ncccc12. The Kier molecular flexibility index (Phi) is 3.75. The van der Waals surface area contributed by atoms with E-state index >= 15 is 0 Å². The zero-order chi connectivity index (χ0) is 14.8. The maximum Gasteiger partial charge on any atom is 0.140 e. The molecule has 1 unspecified atom stereocenters. The highest BCUT2D eigenvalue weighted by Crippen LogP contribution is 2.21. The van der Waals surface area contributed by atoms with Crippen LogP contribution in [-0.4, -0.2) is 25.1 Å². The molecule has 0 bridgehead atoms. The Morgan fingerprint density at radius 1 is 1.29 bits per heavy atom. The van der Waals surface area contributed by atoms with Gasteiger partial charge in [0.25, 0.3) is 0 Å². The van der Waals surface area contributed by atoms with Gasteiger partial charge >= 0.3 is 0 Å². The van der Waals surface area contributed by atoms with Crippen LogP contribution in [0.25, 0.3) is 11.0 Å². The van der Waals surface area contributed by atoms with Gasteiger partial charge in [0.05, 0.1) is 0 Å². The van der Waals surface area contributed by atoms with Crippen LogP contribution in [0.4, 0.5) is 0 Å². The van der Waals surface area contributed by atoms with Crippen LogP contribution in [0.15, 0.2) is 36.9 Å². The summed E-state index contributed by atoms with van der Waals surface area (Å²) >= 11 is 0. The van der Waals surface area contributed by atoms with Gasteiger partial charge in [-0.05, 0) is 31.0 Å². The lowest BCUT2D eigenvalue weighted by Crippen LogP contribution is -2.17. The highest BCUT2D eigenvalue weighted by atomic mass is 15.1. The molecule has 0 aliphatic rings. The topological polar surface area (TPSA) is 61.7 Å². The van der Waals surface area contributed by atoms with E-state index in [0.717, 1.165) is 30.9 Å². The first-order valence-corrected chi connectivity index (χ1v) is 7.29. The summed E-state index contributed by atoms with van der Waals surface area (Å²) in [5.41, 5.74) is 8.25. The van der Waals surface area contributed by atoms with Gasteiger partial charge in [-0.2, -0.15) is 0 Å². The first-order valence-electron chi connectivity index (χ1n) is 7.29. The fourth-order valence-corrected chi connectivity index (χ4v) is 2.73. The Hall–Kier alpha value is -2.14. The summed E-state index contributed by atoms with van der Waals surface area (Å²) in [6, 6.07) is 4.26. The molecule has 3 rings (SSSR count). The number of nitrogens with zero attached hydrogens (tertiary/aromatic N) is 4. The number of imidazole rings is 1. The van der Waals surface area contributed by atoms with Gasteiger partial charge < -0.3 is 14.9 Å². The standard InChI is InChI=1S/C16H21N5/c1-12(17)10-13-11-21(16-14(13)4-3-6-19-16)8-5-15-18-7-9-20(15)2/h3-4,6-7,9,11-12H,5,8,10,17H2,1-2H3. The fraction of sp³-hybridized carbons (Fsp3) is 0.375. The van der Waals surface area contributed by atoms with E-state index in [0.29, 0.717) is 0 Å². The molecule has 3 heterocycles. The van der Waals surface area contributed by atoms with Gasteiger partial charge in [-0.3, -0.25) is 0 Å². The number of aromatic nitrogens is 4. The van der Waals surface area contributed by atoms with Gasteiger partial charge in [0.1, 0.15) is 11.5 Å². The summed E-state index contributed by atoms with van der Waals surface area (Å²) in [5, 5.41) is 1.20. The molecule has 0 aliphatic carbocycles. The van der Waals surface area contributed by atoms with E-state index in [-0.39, 0.29) is 6.04 Å². The fourth-order valence-electron chi connectivity index (χ4n) is 2.73. The van der Waals surface area contributed by atoms with Gasteiger partial charge in [0.2, 0.25) is 0 Å². The third kappa shape index (κ3) is 2.83. The van der Waals surface area contributed by atoms with Crippen LogP contribution in [0.3, 0.4) is 0 Å². The predicted molar refractivity (Wildman–Crippen MR) is 84.0 cm³/mol. The van der Waals surface area contributed by atoms with Crippen LogP contribution in [0, 0.1) is 0 Å². The third-order valence-electron chi connectivity index (χ3n) is 3.76. The molecule has 0 saturated carbocycles. The lowest BCUT2D eigenvalue weighted by Gasteiger charge is -2.05. The van der Waals surface area contributed by atoms with Crippen molar-refractivity contribution >= 4 is 11.0 Å². The Bertz CT molecular complexity index is 738. The number of rotatable bonds is 5. The molecule has 0 saturated heterocycles. The number of aryl methyl sites for hydroxylation is 3. The molecule has 5 nitrogen and oxygen atoms in total.